The number of anilines is 1. The van der Waals surface area contributed by atoms with Gasteiger partial charge in [0.05, 0.1) is 5.56 Å². The minimum atomic E-state index is -0.0990. The monoisotopic (exact) mass is 434 g/mol. The predicted octanol–water partition coefficient (Wildman–Crippen LogP) is 3.90. The Morgan fingerprint density at radius 1 is 1.06 bits per heavy atom. The first kappa shape index (κ1) is 21.3. The molecule has 6 heteroatoms. The van der Waals surface area contributed by atoms with E-state index in [4.69, 9.17) is 10.5 Å². The fourth-order valence-electron chi connectivity index (χ4n) is 5.63. The Balaban J connectivity index is 1.16. The molecule has 1 amide bonds. The Morgan fingerprint density at radius 2 is 1.78 bits per heavy atom. The third-order valence-corrected chi connectivity index (χ3v) is 7.63. The van der Waals surface area contributed by atoms with E-state index in [1.165, 1.54) is 24.0 Å². The molecule has 2 fully saturated rings. The number of hydrogen-bond acceptors (Lipinski definition) is 5. The first-order valence-corrected chi connectivity index (χ1v) is 11.9. The number of fused-ring (bicyclic) bond motifs is 1. The van der Waals surface area contributed by atoms with Gasteiger partial charge in [-0.3, -0.25) is 9.69 Å². The average Bonchev–Trinajstić information content (AvgIpc) is 3.11. The average molecular weight is 435 g/mol. The zero-order chi connectivity index (χ0) is 22.3. The number of carbonyl (C=O) groups is 1. The molecule has 0 bridgehead atoms. The number of likely N-dealkylation sites (tertiary alicyclic amines) is 2. The zero-order valence-electron chi connectivity index (χ0n) is 19.3. The Morgan fingerprint density at radius 3 is 2.47 bits per heavy atom. The van der Waals surface area contributed by atoms with Gasteiger partial charge in [0.15, 0.2) is 0 Å². The number of pyridine rings is 1. The molecule has 0 saturated carbocycles. The van der Waals surface area contributed by atoms with Gasteiger partial charge in [0.2, 0.25) is 0 Å². The Bertz CT molecular complexity index is 983. The van der Waals surface area contributed by atoms with Crippen molar-refractivity contribution in [3.63, 3.8) is 0 Å². The van der Waals surface area contributed by atoms with Crippen LogP contribution in [0.25, 0.3) is 0 Å². The van der Waals surface area contributed by atoms with Crippen molar-refractivity contribution < 1.29 is 9.53 Å². The van der Waals surface area contributed by atoms with Crippen LogP contribution in [-0.2, 0) is 13.0 Å². The first-order chi connectivity index (χ1) is 15.3. The number of nitrogens with two attached hydrogens (primary N) is 1. The van der Waals surface area contributed by atoms with Gasteiger partial charge in [0.1, 0.15) is 17.2 Å². The lowest BCUT2D eigenvalue weighted by Crippen LogP contribution is -2.48. The lowest BCUT2D eigenvalue weighted by Gasteiger charge is -2.47. The van der Waals surface area contributed by atoms with Crippen LogP contribution in [0.1, 0.15) is 61.0 Å². The molecule has 2 N–H and O–H groups in total. The van der Waals surface area contributed by atoms with Crippen molar-refractivity contribution in [1.29, 1.82) is 0 Å². The van der Waals surface area contributed by atoms with Gasteiger partial charge in [-0.05, 0) is 75.7 Å². The van der Waals surface area contributed by atoms with Crippen molar-refractivity contribution in [3.8, 4) is 5.75 Å². The topological polar surface area (TPSA) is 71.7 Å². The van der Waals surface area contributed by atoms with Crippen molar-refractivity contribution in [1.82, 2.24) is 14.8 Å². The molecular formula is C26H34N4O2. The summed E-state index contributed by atoms with van der Waals surface area (Å²) >= 11 is 0. The maximum Gasteiger partial charge on any atom is 0.255 e. The van der Waals surface area contributed by atoms with E-state index in [9.17, 15) is 4.79 Å². The number of carbonyl (C=O) groups excluding carboxylic acids is 1. The Kier molecular flexibility index (Phi) is 5.36. The molecule has 5 rings (SSSR count). The van der Waals surface area contributed by atoms with E-state index in [1.54, 1.807) is 18.3 Å². The number of ether oxygens (including phenoxy) is 1. The summed E-state index contributed by atoms with van der Waals surface area (Å²) in [4.78, 5) is 21.4. The first-order valence-electron chi connectivity index (χ1n) is 11.9. The van der Waals surface area contributed by atoms with Gasteiger partial charge in [-0.1, -0.05) is 18.2 Å². The van der Waals surface area contributed by atoms with Gasteiger partial charge in [-0.2, -0.15) is 0 Å². The normalized spacial score (nSPS) is 21.9. The number of rotatable bonds is 3. The lowest BCUT2D eigenvalue weighted by molar-refractivity contribution is 0.0282. The fraction of sp³-hybridized carbons (Fsp3) is 0.538. The van der Waals surface area contributed by atoms with E-state index < -0.39 is 0 Å². The van der Waals surface area contributed by atoms with Crippen LogP contribution in [0, 0.1) is 5.41 Å². The summed E-state index contributed by atoms with van der Waals surface area (Å²) in [7, 11) is 0. The van der Waals surface area contributed by atoms with E-state index in [2.05, 4.69) is 41.9 Å². The van der Waals surface area contributed by atoms with Crippen LogP contribution in [-0.4, -0.2) is 52.5 Å². The van der Waals surface area contributed by atoms with Crippen LogP contribution in [0.15, 0.2) is 36.5 Å². The molecule has 1 aromatic carbocycles. The molecule has 2 aromatic rings. The van der Waals surface area contributed by atoms with Crippen LogP contribution in [0.3, 0.4) is 0 Å². The molecule has 3 aliphatic heterocycles. The molecule has 0 radical (unpaired) electrons. The highest BCUT2D eigenvalue weighted by Crippen LogP contribution is 2.43. The molecule has 3 aliphatic rings. The molecule has 0 atom stereocenters. The van der Waals surface area contributed by atoms with E-state index >= 15 is 0 Å². The zero-order valence-corrected chi connectivity index (χ0v) is 19.3. The van der Waals surface area contributed by atoms with Crippen molar-refractivity contribution in [2.24, 2.45) is 5.41 Å². The molecule has 2 saturated heterocycles. The summed E-state index contributed by atoms with van der Waals surface area (Å²) in [5.74, 6) is 1.63. The second-order valence-corrected chi connectivity index (χ2v) is 10.5. The second kappa shape index (κ2) is 8.07. The maximum absolute atomic E-state index is 12.8. The van der Waals surface area contributed by atoms with E-state index in [1.807, 2.05) is 4.90 Å². The summed E-state index contributed by atoms with van der Waals surface area (Å²) in [6.45, 7) is 9.19. The number of piperidine rings is 2. The summed E-state index contributed by atoms with van der Waals surface area (Å²) < 4.78 is 6.28. The third kappa shape index (κ3) is 4.20. The molecule has 0 unspecified atom stereocenters. The van der Waals surface area contributed by atoms with Crippen LogP contribution >= 0.6 is 0 Å². The maximum atomic E-state index is 12.8. The molecular weight excluding hydrogens is 400 g/mol. The van der Waals surface area contributed by atoms with E-state index in [0.29, 0.717) is 16.8 Å². The molecule has 170 valence electrons. The smallest absolute Gasteiger partial charge is 0.255 e. The highest BCUT2D eigenvalue weighted by atomic mass is 16.5. The quantitative estimate of drug-likeness (QED) is 0.793. The van der Waals surface area contributed by atoms with E-state index in [0.717, 1.165) is 57.7 Å². The summed E-state index contributed by atoms with van der Waals surface area (Å²) in [6.07, 6.45) is 7.17. The number of benzene rings is 1. The van der Waals surface area contributed by atoms with Crippen molar-refractivity contribution >= 4 is 11.7 Å². The Hall–Kier alpha value is -2.60. The van der Waals surface area contributed by atoms with Crippen LogP contribution in [0.2, 0.25) is 0 Å². The number of nitrogens with zero attached hydrogens (tertiary/aromatic N) is 3. The standard InChI is InChI=1S/C26H34N4O2/c1-25(2)16-19-4-3-5-21(23(19)32-25)18-29-12-8-26(9-13-29)10-14-30(15-11-26)24(31)20-6-7-22(27)28-17-20/h3-7,17H,8-16,18H2,1-2H3,(H2,27,28). The van der Waals surface area contributed by atoms with Gasteiger partial charge in [-0.15, -0.1) is 0 Å². The molecule has 0 aliphatic carbocycles. The second-order valence-electron chi connectivity index (χ2n) is 10.5. The van der Waals surface area contributed by atoms with Gasteiger partial charge in [-0.25, -0.2) is 4.98 Å². The fourth-order valence-corrected chi connectivity index (χ4v) is 5.63. The van der Waals surface area contributed by atoms with Crippen LogP contribution in [0.5, 0.6) is 5.75 Å². The molecule has 4 heterocycles. The molecule has 1 aromatic heterocycles. The summed E-state index contributed by atoms with van der Waals surface area (Å²) in [5, 5.41) is 0. The van der Waals surface area contributed by atoms with Crippen molar-refractivity contribution in [3.05, 3.63) is 53.2 Å². The van der Waals surface area contributed by atoms with E-state index in [-0.39, 0.29) is 11.5 Å². The van der Waals surface area contributed by atoms with Gasteiger partial charge in [0, 0.05) is 37.8 Å². The highest BCUT2D eigenvalue weighted by Gasteiger charge is 2.39. The van der Waals surface area contributed by atoms with Gasteiger partial charge in [0.25, 0.3) is 5.91 Å². The SMILES string of the molecule is CC1(C)Cc2cccc(CN3CCC4(CC3)CCN(C(=O)c3ccc(N)nc3)CC4)c2O1. The number of amides is 1. The highest BCUT2D eigenvalue weighted by molar-refractivity contribution is 5.94. The Labute approximate surface area is 190 Å². The summed E-state index contributed by atoms with van der Waals surface area (Å²) in [5.41, 5.74) is 9.22. The van der Waals surface area contributed by atoms with Gasteiger partial charge >= 0.3 is 0 Å². The minimum Gasteiger partial charge on any atom is -0.487 e. The summed E-state index contributed by atoms with van der Waals surface area (Å²) in [6, 6.07) is 10.1. The van der Waals surface area contributed by atoms with Crippen molar-refractivity contribution in [2.45, 2.75) is 58.1 Å². The molecule has 1 spiro atoms. The molecule has 6 nitrogen and oxygen atoms in total. The third-order valence-electron chi connectivity index (χ3n) is 7.63. The van der Waals surface area contributed by atoms with Gasteiger partial charge < -0.3 is 15.4 Å². The van der Waals surface area contributed by atoms with Crippen LogP contribution in [0.4, 0.5) is 5.82 Å². The lowest BCUT2D eigenvalue weighted by atomic mass is 9.71. The van der Waals surface area contributed by atoms with Crippen molar-refractivity contribution in [2.75, 3.05) is 31.9 Å². The number of hydrogen-bond donors (Lipinski definition) is 1. The number of para-hydroxylation sites is 1. The molecule has 32 heavy (non-hydrogen) atoms. The minimum absolute atomic E-state index is 0.0747. The van der Waals surface area contributed by atoms with Crippen LogP contribution < -0.4 is 10.5 Å². The number of nitrogen functional groups attached to an aromatic ring is 1. The number of aromatic nitrogens is 1. The largest absolute Gasteiger partial charge is 0.487 e. The predicted molar refractivity (Wildman–Crippen MR) is 126 cm³/mol.